The Bertz CT molecular complexity index is 2490. The lowest BCUT2D eigenvalue weighted by Crippen LogP contribution is -2.55. The molecule has 0 spiro atoms. The van der Waals surface area contributed by atoms with Gasteiger partial charge in [-0.2, -0.15) is 4.98 Å². The number of amides is 7. The van der Waals surface area contributed by atoms with Crippen molar-refractivity contribution in [1.29, 1.82) is 0 Å². The van der Waals surface area contributed by atoms with Crippen LogP contribution in [0.15, 0.2) is 48.7 Å². The lowest BCUT2D eigenvalue weighted by atomic mass is 9.90. The highest BCUT2D eigenvalue weighted by Crippen LogP contribution is 2.40. The van der Waals surface area contributed by atoms with Crippen LogP contribution in [0.3, 0.4) is 0 Å². The fourth-order valence-electron chi connectivity index (χ4n) is 10.1. The van der Waals surface area contributed by atoms with E-state index in [-0.39, 0.29) is 67.5 Å². The summed E-state index contributed by atoms with van der Waals surface area (Å²) >= 11 is 0. The number of anilines is 5. The van der Waals surface area contributed by atoms with Gasteiger partial charge in [0.15, 0.2) is 5.82 Å². The number of hydrogen-bond donors (Lipinski definition) is 4. The van der Waals surface area contributed by atoms with Crippen LogP contribution >= 0.6 is 0 Å². The van der Waals surface area contributed by atoms with E-state index in [1.165, 1.54) is 4.90 Å². The van der Waals surface area contributed by atoms with E-state index < -0.39 is 23.6 Å². The van der Waals surface area contributed by atoms with Crippen LogP contribution in [0.4, 0.5) is 38.4 Å². The van der Waals surface area contributed by atoms with Crippen LogP contribution in [0, 0.1) is 11.8 Å². The number of ether oxygens (including phenoxy) is 2. The number of carbonyl (C=O) groups excluding carboxylic acids is 6. The lowest BCUT2D eigenvalue weighted by Gasteiger charge is -2.43. The van der Waals surface area contributed by atoms with E-state index in [0.717, 1.165) is 42.8 Å². The summed E-state index contributed by atoms with van der Waals surface area (Å²) in [7, 11) is 1.79. The minimum Gasteiger partial charge on any atom is -0.444 e. The van der Waals surface area contributed by atoms with Gasteiger partial charge in [-0.25, -0.2) is 14.6 Å². The van der Waals surface area contributed by atoms with Crippen molar-refractivity contribution in [2.45, 2.75) is 147 Å². The lowest BCUT2D eigenvalue weighted by molar-refractivity contribution is -0.137. The van der Waals surface area contributed by atoms with E-state index in [1.54, 1.807) is 35.2 Å². The van der Waals surface area contributed by atoms with Crippen molar-refractivity contribution in [2.24, 2.45) is 0 Å². The number of aromatic nitrogens is 2. The third-order valence-electron chi connectivity index (χ3n) is 13.6. The van der Waals surface area contributed by atoms with Gasteiger partial charge in [0.2, 0.25) is 23.7 Å². The number of likely N-dealkylation sites (N-methyl/N-ethyl adjacent to an activating group) is 1. The van der Waals surface area contributed by atoms with Crippen molar-refractivity contribution in [3.05, 3.63) is 65.4 Å². The van der Waals surface area contributed by atoms with Crippen molar-refractivity contribution in [2.75, 3.05) is 47.2 Å². The summed E-state index contributed by atoms with van der Waals surface area (Å²) in [6.45, 7) is 8.75. The molecule has 2 saturated carbocycles. The van der Waals surface area contributed by atoms with E-state index in [1.807, 2.05) is 58.0 Å². The van der Waals surface area contributed by atoms with Gasteiger partial charge < -0.3 is 45.0 Å². The molecule has 2 aliphatic carbocycles. The molecular weight excluding hydrogens is 881 g/mol. The summed E-state index contributed by atoms with van der Waals surface area (Å²) in [4.78, 5) is 93.8. The van der Waals surface area contributed by atoms with Crippen molar-refractivity contribution >= 4 is 64.6 Å². The highest BCUT2D eigenvalue weighted by Gasteiger charge is 2.42. The first kappa shape index (κ1) is 48.7. The van der Waals surface area contributed by atoms with Crippen molar-refractivity contribution < 1.29 is 38.2 Å². The van der Waals surface area contributed by atoms with Gasteiger partial charge in [0.1, 0.15) is 23.4 Å². The van der Waals surface area contributed by atoms with E-state index in [9.17, 15) is 28.8 Å². The summed E-state index contributed by atoms with van der Waals surface area (Å²) < 4.78 is 11.7. The number of nitrogens with one attached hydrogen (secondary N) is 4. The van der Waals surface area contributed by atoms with E-state index >= 15 is 0 Å². The number of hydrogen-bond acceptors (Lipinski definition) is 12. The Hall–Kier alpha value is -6.74. The van der Waals surface area contributed by atoms with Gasteiger partial charge in [0.05, 0.1) is 19.4 Å². The summed E-state index contributed by atoms with van der Waals surface area (Å²) in [5, 5.41) is 11.7. The molecule has 8 rings (SSSR count). The quantitative estimate of drug-likeness (QED) is 0.0811. The molecule has 0 radical (unpaired) electrons. The Morgan fingerprint density at radius 3 is 2.39 bits per heavy atom. The topological polar surface area (TPSA) is 208 Å². The van der Waals surface area contributed by atoms with E-state index in [0.29, 0.717) is 86.5 Å². The first-order valence-electron chi connectivity index (χ1n) is 24.4. The third kappa shape index (κ3) is 11.4. The number of urea groups is 1. The molecule has 2 aromatic carbocycles. The summed E-state index contributed by atoms with van der Waals surface area (Å²) in [6.07, 6.45) is 9.98. The highest BCUT2D eigenvalue weighted by molar-refractivity contribution is 6.06. The first-order chi connectivity index (χ1) is 33.2. The van der Waals surface area contributed by atoms with Crippen LogP contribution in [-0.2, 0) is 30.4 Å². The number of benzene rings is 2. The Balaban J connectivity index is 0.790. The average molecular weight is 945 g/mol. The molecule has 3 aromatic rings. The van der Waals surface area contributed by atoms with Gasteiger partial charge in [-0.05, 0) is 114 Å². The second-order valence-corrected chi connectivity index (χ2v) is 19.4. The molecule has 5 aliphatic rings. The molecule has 1 aromatic heterocycles. The Morgan fingerprint density at radius 1 is 0.942 bits per heavy atom. The summed E-state index contributed by atoms with van der Waals surface area (Å²) in [5.41, 5.74) is 3.39. The Labute approximate surface area is 403 Å². The second-order valence-electron chi connectivity index (χ2n) is 19.4. The number of nitrogens with zero attached hydrogens (tertiary/aromatic N) is 6. The standard InChI is InChI=1S/C51H64N10O8/c1-6-40-47(65)58(5)42-30-52-48(57-44(42)61(40)37-14-7-8-15-37)53-33-17-19-34(20-18-33)54-49(66)55-35-21-23-36(24-22-35)59(50(67)69-51(2,3)4)27-29-68-28-10-9-12-32-13-11-16-38-39(32)31-60(46(38)64)41-25-26-43(62)56-45(41)63/h11,13,16-20,30,35-37,40-41H,6-8,10,14-15,21-29,31H2,1-5H3,(H,52,53,57)(H2,54,55,66)(H,56,62,63)/t35-,36-,40-,41?/m1/s1. The molecule has 0 bridgehead atoms. The molecule has 1 saturated heterocycles. The van der Waals surface area contributed by atoms with Crippen LogP contribution in [0.5, 0.6) is 0 Å². The molecule has 3 fully saturated rings. The molecular formula is C51H64N10O8. The minimum absolute atomic E-state index is 0.0693. The number of fused-ring (bicyclic) bond motifs is 2. The molecule has 2 atom stereocenters. The van der Waals surface area contributed by atoms with E-state index in [2.05, 4.69) is 43.0 Å². The highest BCUT2D eigenvalue weighted by atomic mass is 16.6. The Kier molecular flexibility index (Phi) is 15.0. The molecule has 4 N–H and O–H groups in total. The van der Waals surface area contributed by atoms with Crippen LogP contribution < -0.4 is 31.1 Å². The van der Waals surface area contributed by atoms with Crippen LogP contribution in [0.25, 0.3) is 0 Å². The molecule has 7 amide bonds. The maximum absolute atomic E-state index is 13.5. The van der Waals surface area contributed by atoms with Crippen LogP contribution in [-0.4, -0.2) is 118 Å². The van der Waals surface area contributed by atoms with Crippen LogP contribution in [0.1, 0.15) is 126 Å². The molecule has 4 heterocycles. The van der Waals surface area contributed by atoms with Crippen molar-refractivity contribution in [3.63, 3.8) is 0 Å². The maximum atomic E-state index is 13.5. The SMILES string of the molecule is CC[C@@H]1C(=O)N(C)c2cnc(Nc3ccc(NC(=O)N[C@H]4CC[C@H](N(CCOCCC#Cc5cccc6c5CN(C5CCC(=O)NC5=O)C6=O)C(=O)OC(C)(C)C)CC4)cc3)nc2N1C1CCCC1. The minimum atomic E-state index is -0.693. The zero-order valence-electron chi connectivity index (χ0n) is 40.3. The predicted octanol–water partition coefficient (Wildman–Crippen LogP) is 6.61. The fraction of sp³-hybridized carbons (Fsp3) is 0.529. The fourth-order valence-corrected chi connectivity index (χ4v) is 10.1. The number of carbonyl (C=O) groups is 6. The van der Waals surface area contributed by atoms with Crippen LogP contribution in [0.2, 0.25) is 0 Å². The summed E-state index contributed by atoms with van der Waals surface area (Å²) in [5.74, 6) is 6.55. The molecule has 366 valence electrons. The molecule has 18 heteroatoms. The van der Waals surface area contributed by atoms with E-state index in [4.69, 9.17) is 14.5 Å². The van der Waals surface area contributed by atoms with Gasteiger partial charge >= 0.3 is 12.1 Å². The first-order valence-corrected chi connectivity index (χ1v) is 24.4. The normalized spacial score (nSPS) is 21.5. The van der Waals surface area contributed by atoms with Gasteiger partial charge in [-0.15, -0.1) is 0 Å². The third-order valence-corrected chi connectivity index (χ3v) is 13.6. The van der Waals surface area contributed by atoms with Gasteiger partial charge in [0, 0.05) is 73.6 Å². The zero-order chi connectivity index (χ0) is 48.8. The number of rotatable bonds is 13. The summed E-state index contributed by atoms with van der Waals surface area (Å²) in [6, 6.07) is 11.5. The monoisotopic (exact) mass is 944 g/mol. The molecule has 1 unspecified atom stereocenters. The van der Waals surface area contributed by atoms with Gasteiger partial charge in [0.25, 0.3) is 5.91 Å². The van der Waals surface area contributed by atoms with Gasteiger partial charge in [-0.1, -0.05) is 37.7 Å². The largest absolute Gasteiger partial charge is 0.444 e. The zero-order valence-corrected chi connectivity index (χ0v) is 40.3. The molecule has 18 nitrogen and oxygen atoms in total. The maximum Gasteiger partial charge on any atom is 0.410 e. The average Bonchev–Trinajstić information content (AvgIpc) is 3.97. The molecule has 69 heavy (non-hydrogen) atoms. The second kappa shape index (κ2) is 21.3. The molecule has 3 aliphatic heterocycles. The number of piperidine rings is 1. The smallest absolute Gasteiger partial charge is 0.410 e. The number of imide groups is 1. The Morgan fingerprint density at radius 2 is 1.68 bits per heavy atom. The van der Waals surface area contributed by atoms with Crippen molar-refractivity contribution in [1.82, 2.24) is 30.4 Å². The predicted molar refractivity (Wildman–Crippen MR) is 260 cm³/mol. The van der Waals surface area contributed by atoms with Gasteiger partial charge in [-0.3, -0.25) is 24.5 Å². The van der Waals surface area contributed by atoms with Crippen molar-refractivity contribution in [3.8, 4) is 11.8 Å².